The van der Waals surface area contributed by atoms with Crippen LogP contribution in [0.15, 0.2) is 192 Å². The molecule has 0 fully saturated rings. The Labute approximate surface area is 378 Å². The van der Waals surface area contributed by atoms with E-state index in [1.807, 2.05) is 23.5 Å². The van der Waals surface area contributed by atoms with Gasteiger partial charge in [0.15, 0.2) is 17.5 Å². The molecule has 0 saturated carbocycles. The van der Waals surface area contributed by atoms with Gasteiger partial charge in [-0.2, -0.15) is 0 Å². The molecule has 0 saturated heterocycles. The monoisotopic (exact) mass is 869 g/mol. The second kappa shape index (κ2) is 14.0. The lowest BCUT2D eigenvalue weighted by molar-refractivity contribution is 0.669. The molecule has 0 unspecified atom stereocenters. The van der Waals surface area contributed by atoms with Gasteiger partial charge < -0.3 is 4.42 Å². The molecule has 5 aromatic heterocycles. The molecule has 0 aliphatic heterocycles. The fourth-order valence-corrected chi connectivity index (χ4v) is 12.9. The van der Waals surface area contributed by atoms with Gasteiger partial charge in [-0.05, 0) is 82.9 Å². The third kappa shape index (κ3) is 5.61. The van der Waals surface area contributed by atoms with Gasteiger partial charge >= 0.3 is 0 Å². The van der Waals surface area contributed by atoms with Gasteiger partial charge in [0.1, 0.15) is 11.2 Å². The van der Waals surface area contributed by atoms with Crippen molar-refractivity contribution in [2.24, 2.45) is 0 Å². The molecule has 0 amide bonds. The van der Waals surface area contributed by atoms with Crippen molar-refractivity contribution in [2.75, 3.05) is 0 Å². The Morgan fingerprint density at radius 2 is 0.828 bits per heavy atom. The van der Waals surface area contributed by atoms with Crippen LogP contribution in [0.2, 0.25) is 0 Å². The number of hydrogen-bond donors (Lipinski definition) is 0. The van der Waals surface area contributed by atoms with Gasteiger partial charge in [-0.3, -0.25) is 0 Å². The summed E-state index contributed by atoms with van der Waals surface area (Å²) in [7, 11) is 0. The summed E-state index contributed by atoms with van der Waals surface area (Å²) in [5, 5.41) is 9.54. The number of furan rings is 1. The minimum atomic E-state index is 0.603. The Bertz CT molecular complexity index is 4080. The van der Waals surface area contributed by atoms with E-state index in [9.17, 15) is 0 Å². The van der Waals surface area contributed by atoms with E-state index in [0.29, 0.717) is 17.5 Å². The number of nitrogens with zero attached hydrogens (tertiary/aromatic N) is 3. The summed E-state index contributed by atoms with van der Waals surface area (Å²) in [4.78, 5) is 15.9. The maximum atomic E-state index is 6.63. The van der Waals surface area contributed by atoms with Crippen molar-refractivity contribution in [1.29, 1.82) is 0 Å². The normalized spacial score (nSPS) is 12.1. The van der Waals surface area contributed by atoms with Crippen LogP contribution in [-0.4, -0.2) is 15.0 Å². The van der Waals surface area contributed by atoms with Crippen molar-refractivity contribution in [2.45, 2.75) is 0 Å². The van der Waals surface area contributed by atoms with Crippen LogP contribution in [0, 0.1) is 0 Å². The van der Waals surface area contributed by atoms with Crippen LogP contribution in [0.3, 0.4) is 0 Å². The van der Waals surface area contributed by atoms with Crippen molar-refractivity contribution < 1.29 is 4.42 Å². The molecule has 298 valence electrons. The fourth-order valence-electron chi connectivity index (χ4n) is 9.54. The number of aromatic nitrogens is 3. The zero-order valence-electron chi connectivity index (χ0n) is 33.9. The van der Waals surface area contributed by atoms with E-state index in [4.69, 9.17) is 19.4 Å². The Hall–Kier alpha value is -7.55. The van der Waals surface area contributed by atoms with Crippen LogP contribution in [0.1, 0.15) is 0 Å². The average molecular weight is 870 g/mol. The van der Waals surface area contributed by atoms with E-state index in [1.54, 1.807) is 22.7 Å². The first-order valence-corrected chi connectivity index (χ1v) is 23.7. The standard InChI is InChI=1S/C57H31N3OS3/c1-2-10-32(11-3-1)33-23-27-49-44(28-33)54-37(14-9-19-50(54)62-49)34-22-26-45-43(29-34)53-42(15-8-16-46(53)61-45)57-59-55(35-20-24-40-38-12-4-6-17-47(38)63-51(40)30-35)58-56(60-57)36-21-25-41-39-13-5-7-18-48(39)64-52(41)31-36/h1-31H. The maximum Gasteiger partial charge on any atom is 0.164 e. The average Bonchev–Trinajstić information content (AvgIpc) is 4.13. The molecule has 7 heteroatoms. The summed E-state index contributed by atoms with van der Waals surface area (Å²) < 4.78 is 14.1. The van der Waals surface area contributed by atoms with Gasteiger partial charge in [0, 0.05) is 88.0 Å². The molecule has 0 aliphatic carbocycles. The van der Waals surface area contributed by atoms with E-state index < -0.39 is 0 Å². The van der Waals surface area contributed by atoms with Crippen molar-refractivity contribution in [3.05, 3.63) is 188 Å². The first-order valence-electron chi connectivity index (χ1n) is 21.2. The van der Waals surface area contributed by atoms with E-state index in [0.717, 1.165) is 44.2 Å². The minimum absolute atomic E-state index is 0.603. The second-order valence-corrected chi connectivity index (χ2v) is 19.5. The third-order valence-corrected chi connectivity index (χ3v) is 16.0. The molecule has 64 heavy (non-hydrogen) atoms. The molecule has 0 atom stereocenters. The summed E-state index contributed by atoms with van der Waals surface area (Å²) in [5.41, 5.74) is 9.16. The summed E-state index contributed by atoms with van der Waals surface area (Å²) in [5.74, 6) is 1.87. The first-order chi connectivity index (χ1) is 31.7. The highest BCUT2D eigenvalue weighted by Crippen LogP contribution is 2.45. The Kier molecular flexibility index (Phi) is 7.86. The Morgan fingerprint density at radius 1 is 0.281 bits per heavy atom. The number of rotatable bonds is 5. The summed E-state index contributed by atoms with van der Waals surface area (Å²) >= 11 is 5.44. The third-order valence-electron chi connectivity index (χ3n) is 12.6. The van der Waals surface area contributed by atoms with Crippen LogP contribution in [0.5, 0.6) is 0 Å². The number of benzene rings is 9. The highest BCUT2D eigenvalue weighted by atomic mass is 32.1. The van der Waals surface area contributed by atoms with E-state index in [-0.39, 0.29) is 0 Å². The van der Waals surface area contributed by atoms with E-state index in [1.165, 1.54) is 77.2 Å². The van der Waals surface area contributed by atoms with Crippen LogP contribution >= 0.6 is 34.0 Å². The zero-order chi connectivity index (χ0) is 41.9. The molecular formula is C57H31N3OS3. The molecule has 4 nitrogen and oxygen atoms in total. The van der Waals surface area contributed by atoms with Crippen molar-refractivity contribution in [3.8, 4) is 56.4 Å². The highest BCUT2D eigenvalue weighted by Gasteiger charge is 2.21. The molecule has 9 aromatic carbocycles. The predicted octanol–water partition coefficient (Wildman–Crippen LogP) is 17.2. The maximum absolute atomic E-state index is 6.63. The lowest BCUT2D eigenvalue weighted by Crippen LogP contribution is -2.00. The smallest absolute Gasteiger partial charge is 0.164 e. The highest BCUT2D eigenvalue weighted by molar-refractivity contribution is 7.26. The topological polar surface area (TPSA) is 51.8 Å². The molecule has 0 N–H and O–H groups in total. The van der Waals surface area contributed by atoms with Crippen molar-refractivity contribution in [1.82, 2.24) is 15.0 Å². The number of thiophene rings is 3. The lowest BCUT2D eigenvalue weighted by atomic mass is 9.96. The number of hydrogen-bond acceptors (Lipinski definition) is 7. The van der Waals surface area contributed by atoms with Crippen LogP contribution in [0.4, 0.5) is 0 Å². The van der Waals surface area contributed by atoms with Gasteiger partial charge in [0.25, 0.3) is 0 Å². The largest absolute Gasteiger partial charge is 0.456 e. The van der Waals surface area contributed by atoms with Gasteiger partial charge in [0.05, 0.1) is 0 Å². The fraction of sp³-hybridized carbons (Fsp3) is 0. The van der Waals surface area contributed by atoms with Gasteiger partial charge in [-0.1, -0.05) is 127 Å². The Morgan fingerprint density at radius 3 is 1.56 bits per heavy atom. The molecule has 0 aliphatic rings. The molecule has 14 aromatic rings. The van der Waals surface area contributed by atoms with E-state index >= 15 is 0 Å². The molecule has 14 rings (SSSR count). The molecular weight excluding hydrogens is 839 g/mol. The Balaban J connectivity index is 0.969. The first kappa shape index (κ1) is 36.0. The molecule has 0 spiro atoms. The van der Waals surface area contributed by atoms with Gasteiger partial charge in [-0.15, -0.1) is 34.0 Å². The molecule has 0 bridgehead atoms. The van der Waals surface area contributed by atoms with E-state index in [2.05, 4.69) is 176 Å². The summed E-state index contributed by atoms with van der Waals surface area (Å²) in [6, 6.07) is 67.3. The van der Waals surface area contributed by atoms with Crippen LogP contribution < -0.4 is 0 Å². The number of fused-ring (bicyclic) bond motifs is 12. The molecule has 0 radical (unpaired) electrons. The zero-order valence-corrected chi connectivity index (χ0v) is 36.3. The summed E-state index contributed by atoms with van der Waals surface area (Å²) in [6.45, 7) is 0. The summed E-state index contributed by atoms with van der Waals surface area (Å²) in [6.07, 6.45) is 0. The van der Waals surface area contributed by atoms with Crippen LogP contribution in [0.25, 0.3) is 139 Å². The second-order valence-electron chi connectivity index (χ2n) is 16.3. The SMILES string of the molecule is c1ccc(-c2ccc3sc4cccc(-c5ccc6oc7cccc(-c8nc(-c9ccc%10c(c9)sc9ccccc9%10)nc(-c9ccc%10c(c9)sc9ccccc9%10)n8)c7c6c5)c4c3c2)cc1. The minimum Gasteiger partial charge on any atom is -0.456 e. The lowest BCUT2D eigenvalue weighted by Gasteiger charge is -2.10. The quantitative estimate of drug-likeness (QED) is 0.173. The predicted molar refractivity (Wildman–Crippen MR) is 273 cm³/mol. The van der Waals surface area contributed by atoms with Crippen LogP contribution in [-0.2, 0) is 0 Å². The van der Waals surface area contributed by atoms with Gasteiger partial charge in [0.2, 0.25) is 0 Å². The van der Waals surface area contributed by atoms with Crippen molar-refractivity contribution in [3.63, 3.8) is 0 Å². The molecule has 5 heterocycles. The van der Waals surface area contributed by atoms with Gasteiger partial charge in [-0.25, -0.2) is 15.0 Å². The van der Waals surface area contributed by atoms with Crippen molar-refractivity contribution >= 4 is 116 Å².